The minimum absolute atomic E-state index is 0.0327. The number of hydrogen-bond donors (Lipinski definition) is 2. The van der Waals surface area contributed by atoms with Gasteiger partial charge in [-0.15, -0.1) is 0 Å². The molecule has 0 atom stereocenters. The van der Waals surface area contributed by atoms with Crippen LogP contribution in [0.15, 0.2) is 78.8 Å². The molecule has 0 unspecified atom stereocenters. The van der Waals surface area contributed by atoms with E-state index in [0.717, 1.165) is 52.4 Å². The number of nitrogens with zero attached hydrogens (tertiary/aromatic N) is 5. The number of aromatic amines is 1. The van der Waals surface area contributed by atoms with Gasteiger partial charge in [0.05, 0.1) is 11.4 Å². The quantitative estimate of drug-likeness (QED) is 0.313. The summed E-state index contributed by atoms with van der Waals surface area (Å²) in [6, 6.07) is 16.2. The minimum Gasteiger partial charge on any atom is -0.457 e. The van der Waals surface area contributed by atoms with E-state index in [1.54, 1.807) is 6.33 Å². The van der Waals surface area contributed by atoms with Crippen molar-refractivity contribution in [2.24, 2.45) is 5.10 Å². The highest BCUT2D eigenvalue weighted by Gasteiger charge is 2.33. The summed E-state index contributed by atoms with van der Waals surface area (Å²) in [6.45, 7) is 11.5. The van der Waals surface area contributed by atoms with Gasteiger partial charge < -0.3 is 19.9 Å². The highest BCUT2D eigenvalue weighted by Crippen LogP contribution is 2.35. The second kappa shape index (κ2) is 10.1. The Labute approximate surface area is 233 Å². The lowest BCUT2D eigenvalue weighted by Crippen LogP contribution is -2.46. The molecule has 9 heteroatoms. The van der Waals surface area contributed by atoms with Crippen LogP contribution in [0.2, 0.25) is 0 Å². The molecule has 1 fully saturated rings. The summed E-state index contributed by atoms with van der Waals surface area (Å²) in [5, 5.41) is 11.4. The van der Waals surface area contributed by atoms with E-state index >= 15 is 0 Å². The van der Waals surface area contributed by atoms with Gasteiger partial charge in [0.15, 0.2) is 11.7 Å². The number of hydrogen-bond acceptors (Lipinski definition) is 7. The number of nitrogens with one attached hydrogen (secondary N) is 2. The van der Waals surface area contributed by atoms with Gasteiger partial charge in [-0.25, -0.2) is 15.0 Å². The first-order chi connectivity index (χ1) is 19.3. The van der Waals surface area contributed by atoms with Crippen molar-refractivity contribution in [2.45, 2.75) is 45.1 Å². The normalized spacial score (nSPS) is 15.6. The molecule has 2 N–H and O–H groups in total. The van der Waals surface area contributed by atoms with Crippen molar-refractivity contribution in [1.82, 2.24) is 19.9 Å². The Morgan fingerprint density at radius 3 is 2.38 bits per heavy atom. The molecule has 0 spiro atoms. The number of amides is 1. The number of benzene rings is 2. The van der Waals surface area contributed by atoms with Crippen LogP contribution in [0.1, 0.15) is 44.7 Å². The largest absolute Gasteiger partial charge is 0.457 e. The van der Waals surface area contributed by atoms with E-state index in [2.05, 4.69) is 59.8 Å². The van der Waals surface area contributed by atoms with E-state index in [4.69, 9.17) is 9.84 Å². The minimum atomic E-state index is -0.0327. The molecule has 4 aromatic rings. The third kappa shape index (κ3) is 4.90. The fourth-order valence-corrected chi connectivity index (χ4v) is 5.22. The van der Waals surface area contributed by atoms with Crippen molar-refractivity contribution >= 4 is 34.3 Å². The summed E-state index contributed by atoms with van der Waals surface area (Å²) < 4.78 is 6.08. The van der Waals surface area contributed by atoms with Crippen LogP contribution in [-0.4, -0.2) is 50.7 Å². The second-order valence-corrected chi connectivity index (χ2v) is 11.2. The van der Waals surface area contributed by atoms with Crippen LogP contribution in [0, 0.1) is 0 Å². The fourth-order valence-electron chi connectivity index (χ4n) is 5.22. The number of ether oxygens (including phenoxy) is 1. The molecule has 0 saturated carbocycles. The van der Waals surface area contributed by atoms with Gasteiger partial charge in [-0.3, -0.25) is 4.79 Å². The van der Waals surface area contributed by atoms with Gasteiger partial charge in [0, 0.05) is 30.5 Å². The monoisotopic (exact) mass is 535 g/mol. The molecule has 2 aromatic carbocycles. The topological polar surface area (TPSA) is 98.7 Å². The van der Waals surface area contributed by atoms with Crippen molar-refractivity contribution in [3.05, 3.63) is 84.8 Å². The third-order valence-corrected chi connectivity index (χ3v) is 7.50. The lowest BCUT2D eigenvalue weighted by atomic mass is 9.87. The number of aromatic nitrogens is 3. The first-order valence-electron chi connectivity index (χ1n) is 13.6. The highest BCUT2D eigenvalue weighted by atomic mass is 16.5. The maximum absolute atomic E-state index is 12.1. The summed E-state index contributed by atoms with van der Waals surface area (Å²) >= 11 is 0. The summed E-state index contributed by atoms with van der Waals surface area (Å²) in [5.41, 5.74) is 3.93. The smallest absolute Gasteiger partial charge is 0.245 e. The van der Waals surface area contributed by atoms with Crippen molar-refractivity contribution in [2.75, 3.05) is 23.4 Å². The average molecular weight is 536 g/mol. The highest BCUT2D eigenvalue weighted by molar-refractivity contribution is 6.19. The summed E-state index contributed by atoms with van der Waals surface area (Å²) in [7, 11) is 0. The predicted molar refractivity (Wildman–Crippen MR) is 158 cm³/mol. The van der Waals surface area contributed by atoms with Crippen LogP contribution in [0.4, 0.5) is 11.5 Å². The van der Waals surface area contributed by atoms with E-state index in [-0.39, 0.29) is 17.4 Å². The molecular formula is C31H33N7O2. The maximum Gasteiger partial charge on any atom is 0.245 e. The fraction of sp³-hybridized carbons (Fsp3) is 0.290. The number of hydrazone groups is 1. The molecule has 2 aromatic heterocycles. The van der Waals surface area contributed by atoms with E-state index in [1.165, 1.54) is 11.6 Å². The van der Waals surface area contributed by atoms with Gasteiger partial charge in [-0.1, -0.05) is 39.5 Å². The number of carbonyl (C=O) groups excluding carboxylic acids is 1. The van der Waals surface area contributed by atoms with Crippen molar-refractivity contribution in [3.8, 4) is 11.5 Å². The molecule has 6 rings (SSSR count). The van der Waals surface area contributed by atoms with Crippen LogP contribution < -0.4 is 15.1 Å². The number of anilines is 2. The molecular weight excluding hydrogens is 502 g/mol. The summed E-state index contributed by atoms with van der Waals surface area (Å²) in [6.07, 6.45) is 6.41. The lowest BCUT2D eigenvalue weighted by Gasteiger charge is -2.37. The Balaban J connectivity index is 1.21. The zero-order valence-corrected chi connectivity index (χ0v) is 23.0. The standard InChI is InChI=1S/C31H33N7O2/c1-5-26(39)37-16-14-22(15-17-37)38-30-27-25(18-32-29(27)33-19-34-30)28(36-38)35-21-8-12-24(13-9-21)40-23-10-6-20(7-11-23)31(2,3)4/h5-13,18-19,22H,1,14-17H2,2-4H3,(H,35,36)(H,32,33,34). The number of amidine groups is 1. The van der Waals surface area contributed by atoms with Gasteiger partial charge in [0.2, 0.25) is 5.91 Å². The molecule has 0 aliphatic carbocycles. The van der Waals surface area contributed by atoms with Crippen LogP contribution in [0.3, 0.4) is 0 Å². The second-order valence-electron chi connectivity index (χ2n) is 11.2. The Kier molecular flexibility index (Phi) is 6.50. The number of carbonyl (C=O) groups is 1. The lowest BCUT2D eigenvalue weighted by molar-refractivity contribution is -0.127. The zero-order valence-electron chi connectivity index (χ0n) is 23.0. The SMILES string of the molecule is C=CC(=O)N1CCC(N2N=C(Nc3ccc(Oc4ccc(C(C)(C)C)cc4)cc3)c3c[nH]c4ncnc2c34)CC1. The summed E-state index contributed by atoms with van der Waals surface area (Å²) in [4.78, 5) is 26.2. The molecule has 9 nitrogen and oxygen atoms in total. The van der Waals surface area contributed by atoms with Crippen LogP contribution in [-0.2, 0) is 10.2 Å². The van der Waals surface area contributed by atoms with Crippen LogP contribution >= 0.6 is 0 Å². The van der Waals surface area contributed by atoms with E-state index in [1.807, 2.05) is 52.5 Å². The van der Waals surface area contributed by atoms with Crippen LogP contribution in [0.5, 0.6) is 11.5 Å². The van der Waals surface area contributed by atoms with Crippen LogP contribution in [0.25, 0.3) is 11.0 Å². The Morgan fingerprint density at radius 1 is 1.05 bits per heavy atom. The van der Waals surface area contributed by atoms with Gasteiger partial charge in [0.25, 0.3) is 0 Å². The average Bonchev–Trinajstić information content (AvgIpc) is 3.41. The van der Waals surface area contributed by atoms with Gasteiger partial charge in [-0.2, -0.15) is 5.10 Å². The third-order valence-electron chi connectivity index (χ3n) is 7.50. The molecule has 1 amide bonds. The summed E-state index contributed by atoms with van der Waals surface area (Å²) in [5.74, 6) is 3.01. The van der Waals surface area contributed by atoms with Crippen molar-refractivity contribution < 1.29 is 9.53 Å². The Hall–Kier alpha value is -4.66. The van der Waals surface area contributed by atoms with E-state index < -0.39 is 0 Å². The Morgan fingerprint density at radius 2 is 1.73 bits per heavy atom. The molecule has 40 heavy (non-hydrogen) atoms. The van der Waals surface area contributed by atoms with E-state index in [0.29, 0.717) is 18.9 Å². The predicted octanol–water partition coefficient (Wildman–Crippen LogP) is 5.82. The van der Waals surface area contributed by atoms with E-state index in [9.17, 15) is 4.79 Å². The molecule has 1 saturated heterocycles. The molecule has 0 bridgehead atoms. The van der Waals surface area contributed by atoms with Crippen molar-refractivity contribution in [1.29, 1.82) is 0 Å². The number of H-pyrrole nitrogens is 1. The molecule has 0 radical (unpaired) electrons. The Bertz CT molecular complexity index is 1570. The molecule has 204 valence electrons. The van der Waals surface area contributed by atoms with Gasteiger partial charge >= 0.3 is 0 Å². The van der Waals surface area contributed by atoms with Crippen molar-refractivity contribution in [3.63, 3.8) is 0 Å². The zero-order chi connectivity index (χ0) is 27.9. The first-order valence-corrected chi connectivity index (χ1v) is 13.6. The number of piperidine rings is 1. The first kappa shape index (κ1) is 25.6. The van der Waals surface area contributed by atoms with Gasteiger partial charge in [-0.05, 0) is 66.3 Å². The molecule has 2 aliphatic heterocycles. The number of rotatable bonds is 5. The number of likely N-dealkylation sites (tertiary alicyclic amines) is 1. The molecule has 2 aliphatic rings. The maximum atomic E-state index is 12.1. The molecule has 4 heterocycles. The van der Waals surface area contributed by atoms with Gasteiger partial charge in [0.1, 0.15) is 23.5 Å².